The summed E-state index contributed by atoms with van der Waals surface area (Å²) in [6.07, 6.45) is 3.75. The third-order valence-electron chi connectivity index (χ3n) is 0.808. The Morgan fingerprint density at radius 3 is 1.88 bits per heavy atom. The minimum absolute atomic E-state index is 0.855. The molecule has 0 amide bonds. The lowest BCUT2D eigenvalue weighted by Gasteiger charge is -1.86. The van der Waals surface area contributed by atoms with E-state index in [-0.39, 0.29) is 0 Å². The summed E-state index contributed by atoms with van der Waals surface area (Å²) in [5, 5.41) is 0. The van der Waals surface area contributed by atoms with Gasteiger partial charge in [-0.1, -0.05) is 19.8 Å². The Bertz CT molecular complexity index is 23.6. The molecule has 0 aromatic carbocycles. The van der Waals surface area contributed by atoms with Crippen molar-refractivity contribution in [1.29, 1.82) is 0 Å². The zero-order chi connectivity index (χ0) is 6.83. The summed E-state index contributed by atoms with van der Waals surface area (Å²) < 4.78 is 0. The molecule has 0 bridgehead atoms. The van der Waals surface area contributed by atoms with E-state index in [0.29, 0.717) is 0 Å². The van der Waals surface area contributed by atoms with Gasteiger partial charge >= 0.3 is 0 Å². The highest BCUT2D eigenvalue weighted by molar-refractivity contribution is 4.34. The van der Waals surface area contributed by atoms with Crippen molar-refractivity contribution in [2.24, 2.45) is 5.73 Å². The Balaban J connectivity index is 0. The van der Waals surface area contributed by atoms with Crippen LogP contribution in [0.25, 0.3) is 0 Å². The van der Waals surface area contributed by atoms with E-state index in [1.807, 2.05) is 0 Å². The second-order valence-corrected chi connectivity index (χ2v) is 1.50. The SMILES string of the molecule is C=C.CCCCCN. The molecule has 0 heterocycles. The van der Waals surface area contributed by atoms with Gasteiger partial charge in [-0.3, -0.25) is 0 Å². The maximum atomic E-state index is 5.21. The first kappa shape index (κ1) is 10.6. The van der Waals surface area contributed by atoms with Crippen LogP contribution >= 0.6 is 0 Å². The van der Waals surface area contributed by atoms with E-state index in [9.17, 15) is 0 Å². The molecule has 0 aliphatic carbocycles. The molecule has 0 aromatic heterocycles. The molecule has 0 aliphatic rings. The number of unbranched alkanes of at least 4 members (excludes halogenated alkanes) is 2. The van der Waals surface area contributed by atoms with Gasteiger partial charge in [-0.2, -0.15) is 0 Å². The first-order valence-electron chi connectivity index (χ1n) is 3.12. The molecule has 0 aliphatic heterocycles. The average Bonchev–Trinajstić information content (AvgIpc) is 1.88. The Kier molecular flexibility index (Phi) is 21.1. The first-order valence-corrected chi connectivity index (χ1v) is 3.12. The Labute approximate surface area is 52.6 Å². The Hall–Kier alpha value is -0.300. The smallest absolute Gasteiger partial charge is 0.00773 e. The molecule has 0 spiro atoms. The second kappa shape index (κ2) is 15.9. The normalized spacial score (nSPS) is 7.25. The number of hydrogen-bond acceptors (Lipinski definition) is 1. The van der Waals surface area contributed by atoms with Crippen LogP contribution in [0.2, 0.25) is 0 Å². The van der Waals surface area contributed by atoms with Gasteiger partial charge < -0.3 is 5.73 Å². The van der Waals surface area contributed by atoms with Crippen molar-refractivity contribution in [3.63, 3.8) is 0 Å². The first-order chi connectivity index (χ1) is 3.91. The van der Waals surface area contributed by atoms with Gasteiger partial charge in [0.25, 0.3) is 0 Å². The lowest BCUT2D eigenvalue weighted by Crippen LogP contribution is -1.96. The molecule has 1 nitrogen and oxygen atoms in total. The maximum Gasteiger partial charge on any atom is -0.00773 e. The molecule has 0 radical (unpaired) electrons. The van der Waals surface area contributed by atoms with Crippen molar-refractivity contribution in [1.82, 2.24) is 0 Å². The van der Waals surface area contributed by atoms with Crippen LogP contribution in [0.15, 0.2) is 13.2 Å². The summed E-state index contributed by atoms with van der Waals surface area (Å²) in [5.74, 6) is 0. The molecule has 0 saturated carbocycles. The molecule has 0 unspecified atom stereocenters. The fourth-order valence-corrected chi connectivity index (χ4v) is 0.394. The lowest BCUT2D eigenvalue weighted by molar-refractivity contribution is 0.727. The van der Waals surface area contributed by atoms with Gasteiger partial charge in [-0.15, -0.1) is 13.2 Å². The summed E-state index contributed by atoms with van der Waals surface area (Å²) >= 11 is 0. The van der Waals surface area contributed by atoms with Crippen molar-refractivity contribution in [2.45, 2.75) is 26.2 Å². The molecule has 8 heavy (non-hydrogen) atoms. The van der Waals surface area contributed by atoms with Crippen molar-refractivity contribution in [3.8, 4) is 0 Å². The van der Waals surface area contributed by atoms with E-state index in [1.54, 1.807) is 0 Å². The molecular formula is C7H17N. The molecular weight excluding hydrogens is 98.1 g/mol. The zero-order valence-electron chi connectivity index (χ0n) is 5.82. The van der Waals surface area contributed by atoms with Crippen molar-refractivity contribution < 1.29 is 0 Å². The second-order valence-electron chi connectivity index (χ2n) is 1.50. The summed E-state index contributed by atoms with van der Waals surface area (Å²) in [6.45, 7) is 9.03. The maximum absolute atomic E-state index is 5.21. The van der Waals surface area contributed by atoms with Crippen LogP contribution in [0, 0.1) is 0 Å². The quantitative estimate of drug-likeness (QED) is 0.441. The van der Waals surface area contributed by atoms with Gasteiger partial charge in [-0.25, -0.2) is 0 Å². The largest absolute Gasteiger partial charge is 0.330 e. The zero-order valence-corrected chi connectivity index (χ0v) is 5.82. The monoisotopic (exact) mass is 115 g/mol. The van der Waals surface area contributed by atoms with E-state index in [0.717, 1.165) is 6.54 Å². The molecule has 0 saturated heterocycles. The predicted octanol–water partition coefficient (Wildman–Crippen LogP) is 1.94. The fourth-order valence-electron chi connectivity index (χ4n) is 0.394. The summed E-state index contributed by atoms with van der Waals surface area (Å²) in [4.78, 5) is 0. The van der Waals surface area contributed by atoms with Gasteiger partial charge in [0.2, 0.25) is 0 Å². The van der Waals surface area contributed by atoms with E-state index < -0.39 is 0 Å². The van der Waals surface area contributed by atoms with Crippen LogP contribution in [0.1, 0.15) is 26.2 Å². The topological polar surface area (TPSA) is 26.0 Å². The third kappa shape index (κ3) is 17.3. The summed E-state index contributed by atoms with van der Waals surface area (Å²) in [6, 6.07) is 0. The molecule has 1 heteroatoms. The van der Waals surface area contributed by atoms with Crippen LogP contribution < -0.4 is 5.73 Å². The fraction of sp³-hybridized carbons (Fsp3) is 0.714. The van der Waals surface area contributed by atoms with E-state index >= 15 is 0 Å². The molecule has 50 valence electrons. The van der Waals surface area contributed by atoms with E-state index in [2.05, 4.69) is 20.1 Å². The number of nitrogens with two attached hydrogens (primary N) is 1. The number of rotatable bonds is 3. The van der Waals surface area contributed by atoms with Crippen molar-refractivity contribution in [3.05, 3.63) is 13.2 Å². The molecule has 0 aromatic rings. The van der Waals surface area contributed by atoms with Crippen molar-refractivity contribution >= 4 is 0 Å². The van der Waals surface area contributed by atoms with Crippen LogP contribution in [-0.2, 0) is 0 Å². The Morgan fingerprint density at radius 1 is 1.25 bits per heavy atom. The van der Waals surface area contributed by atoms with Gasteiger partial charge in [0.1, 0.15) is 0 Å². The molecule has 0 atom stereocenters. The standard InChI is InChI=1S/C5H13N.C2H4/c1-2-3-4-5-6;1-2/h2-6H2,1H3;1-2H2. The van der Waals surface area contributed by atoms with Crippen LogP contribution in [0.5, 0.6) is 0 Å². The molecule has 0 fully saturated rings. The van der Waals surface area contributed by atoms with Gasteiger partial charge in [-0.05, 0) is 13.0 Å². The Morgan fingerprint density at radius 2 is 1.75 bits per heavy atom. The predicted molar refractivity (Wildman–Crippen MR) is 39.8 cm³/mol. The highest BCUT2D eigenvalue weighted by Gasteiger charge is 1.75. The third-order valence-corrected chi connectivity index (χ3v) is 0.808. The van der Waals surface area contributed by atoms with Crippen LogP contribution in [0.3, 0.4) is 0 Å². The highest BCUT2D eigenvalue weighted by Crippen LogP contribution is 1.88. The van der Waals surface area contributed by atoms with E-state index in [4.69, 9.17) is 5.73 Å². The molecule has 2 N–H and O–H groups in total. The lowest BCUT2D eigenvalue weighted by atomic mass is 10.3. The minimum atomic E-state index is 0.855. The molecule has 0 rings (SSSR count). The van der Waals surface area contributed by atoms with Crippen molar-refractivity contribution in [2.75, 3.05) is 6.54 Å². The van der Waals surface area contributed by atoms with Gasteiger partial charge in [0.15, 0.2) is 0 Å². The minimum Gasteiger partial charge on any atom is -0.330 e. The summed E-state index contributed by atoms with van der Waals surface area (Å²) in [7, 11) is 0. The van der Waals surface area contributed by atoms with Crippen LogP contribution in [-0.4, -0.2) is 6.54 Å². The van der Waals surface area contributed by atoms with E-state index in [1.165, 1.54) is 19.3 Å². The number of hydrogen-bond donors (Lipinski definition) is 1. The van der Waals surface area contributed by atoms with Crippen LogP contribution in [0.4, 0.5) is 0 Å². The highest BCUT2D eigenvalue weighted by atomic mass is 14.5. The van der Waals surface area contributed by atoms with Gasteiger partial charge in [0.05, 0.1) is 0 Å². The van der Waals surface area contributed by atoms with Gasteiger partial charge in [0, 0.05) is 0 Å². The summed E-state index contributed by atoms with van der Waals surface area (Å²) in [5.41, 5.74) is 5.21. The average molecular weight is 115 g/mol.